The lowest BCUT2D eigenvalue weighted by Crippen LogP contribution is -2.31. The maximum Gasteiger partial charge on any atom is 0.323 e. The van der Waals surface area contributed by atoms with E-state index in [0.717, 1.165) is 22.7 Å². The fourth-order valence-electron chi connectivity index (χ4n) is 2.42. The molecule has 0 aromatic carbocycles. The van der Waals surface area contributed by atoms with E-state index in [1.54, 1.807) is 35.1 Å². The van der Waals surface area contributed by atoms with Crippen molar-refractivity contribution in [2.45, 2.75) is 26.9 Å². The summed E-state index contributed by atoms with van der Waals surface area (Å²) in [6.45, 7) is 4.66. The van der Waals surface area contributed by atoms with E-state index in [1.165, 1.54) is 0 Å². The number of amides is 2. The van der Waals surface area contributed by atoms with Crippen LogP contribution in [-0.2, 0) is 13.1 Å². The molecule has 1 N–H and O–H groups in total. The van der Waals surface area contributed by atoms with Crippen LogP contribution in [0, 0.1) is 13.8 Å². The molecule has 8 nitrogen and oxygen atoms in total. The molecule has 0 unspecified atom stereocenters. The fraction of sp³-hybridized carbons (Fsp3) is 0.294. The summed E-state index contributed by atoms with van der Waals surface area (Å²) in [6, 6.07) is 7.23. The number of carbonyl (C=O) groups is 1. The predicted octanol–water partition coefficient (Wildman–Crippen LogP) is 2.60. The van der Waals surface area contributed by atoms with E-state index in [0.29, 0.717) is 18.9 Å². The average molecular weight is 340 g/mol. The van der Waals surface area contributed by atoms with Gasteiger partial charge in [0.1, 0.15) is 5.76 Å². The highest BCUT2D eigenvalue weighted by atomic mass is 16.5. The van der Waals surface area contributed by atoms with Crippen LogP contribution in [0.15, 0.2) is 41.2 Å². The largest absolute Gasteiger partial charge is 0.361 e. The Hall–Kier alpha value is -3.16. The lowest BCUT2D eigenvalue weighted by molar-refractivity contribution is 0.220. The van der Waals surface area contributed by atoms with Gasteiger partial charge in [0.2, 0.25) is 0 Å². The summed E-state index contributed by atoms with van der Waals surface area (Å²) in [5, 5.41) is 11.0. The molecule has 2 amide bonds. The lowest BCUT2D eigenvalue weighted by atomic mass is 10.2. The van der Waals surface area contributed by atoms with Crippen molar-refractivity contribution in [2.24, 2.45) is 0 Å². The highest BCUT2D eigenvalue weighted by Crippen LogP contribution is 2.15. The maximum absolute atomic E-state index is 12.3. The van der Waals surface area contributed by atoms with Crippen molar-refractivity contribution in [3.05, 3.63) is 59.4 Å². The Kier molecular flexibility index (Phi) is 4.78. The zero-order valence-electron chi connectivity index (χ0n) is 14.4. The van der Waals surface area contributed by atoms with Gasteiger partial charge in [-0.2, -0.15) is 5.10 Å². The molecule has 25 heavy (non-hydrogen) atoms. The topological polar surface area (TPSA) is 89.1 Å². The Bertz CT molecular complexity index is 836. The first kappa shape index (κ1) is 16.7. The molecular formula is C17H20N6O2. The van der Waals surface area contributed by atoms with E-state index in [-0.39, 0.29) is 6.03 Å². The van der Waals surface area contributed by atoms with Gasteiger partial charge in [-0.15, -0.1) is 0 Å². The van der Waals surface area contributed by atoms with Crippen LogP contribution in [0.3, 0.4) is 0 Å². The number of aromatic nitrogens is 4. The number of hydrogen-bond acceptors (Lipinski definition) is 5. The molecule has 3 aromatic heterocycles. The molecule has 0 aliphatic heterocycles. The molecule has 0 aliphatic carbocycles. The van der Waals surface area contributed by atoms with Gasteiger partial charge in [-0.05, 0) is 26.0 Å². The molecule has 3 aromatic rings. The second-order valence-electron chi connectivity index (χ2n) is 5.81. The Labute approximate surface area is 145 Å². The third kappa shape index (κ3) is 4.03. The van der Waals surface area contributed by atoms with Gasteiger partial charge in [-0.25, -0.2) is 4.79 Å². The highest BCUT2D eigenvalue weighted by molar-refractivity contribution is 5.88. The maximum atomic E-state index is 12.3. The summed E-state index contributed by atoms with van der Waals surface area (Å²) in [7, 11) is 1.71. The Morgan fingerprint density at radius 3 is 2.84 bits per heavy atom. The van der Waals surface area contributed by atoms with Gasteiger partial charge in [0.25, 0.3) is 0 Å². The normalized spacial score (nSPS) is 10.7. The number of nitrogens with zero attached hydrogens (tertiary/aromatic N) is 5. The van der Waals surface area contributed by atoms with Crippen molar-refractivity contribution < 1.29 is 9.32 Å². The summed E-state index contributed by atoms with van der Waals surface area (Å²) >= 11 is 0. The quantitative estimate of drug-likeness (QED) is 0.771. The van der Waals surface area contributed by atoms with Gasteiger partial charge in [0.15, 0.2) is 5.82 Å². The number of anilines is 1. The van der Waals surface area contributed by atoms with Crippen LogP contribution in [0.25, 0.3) is 0 Å². The standard InChI is InChI=1S/C17H20N6O2/c1-12-15(13(2)25-21-12)11-22(3)17(24)19-16-7-9-23(20-16)10-14-6-4-5-8-18-14/h4-9H,10-11H2,1-3H3,(H,19,20,24). The van der Waals surface area contributed by atoms with Gasteiger partial charge in [-0.1, -0.05) is 11.2 Å². The SMILES string of the molecule is Cc1noc(C)c1CN(C)C(=O)Nc1ccn(Cc2ccccn2)n1. The smallest absolute Gasteiger partial charge is 0.323 e. The number of carbonyl (C=O) groups excluding carboxylic acids is 1. The molecule has 3 rings (SSSR count). The van der Waals surface area contributed by atoms with Crippen molar-refractivity contribution in [1.82, 2.24) is 24.8 Å². The Morgan fingerprint density at radius 1 is 1.32 bits per heavy atom. The highest BCUT2D eigenvalue weighted by Gasteiger charge is 2.16. The van der Waals surface area contributed by atoms with E-state index in [9.17, 15) is 4.79 Å². The molecule has 130 valence electrons. The molecular weight excluding hydrogens is 320 g/mol. The van der Waals surface area contributed by atoms with Gasteiger partial charge in [-0.3, -0.25) is 15.0 Å². The van der Waals surface area contributed by atoms with Crippen molar-refractivity contribution >= 4 is 11.8 Å². The van der Waals surface area contributed by atoms with E-state index in [2.05, 4.69) is 20.6 Å². The first-order valence-corrected chi connectivity index (χ1v) is 7.90. The van der Waals surface area contributed by atoms with Gasteiger partial charge < -0.3 is 9.42 Å². The summed E-state index contributed by atoms with van der Waals surface area (Å²) in [4.78, 5) is 18.2. The first-order valence-electron chi connectivity index (χ1n) is 7.90. The zero-order chi connectivity index (χ0) is 17.8. The summed E-state index contributed by atoms with van der Waals surface area (Å²) < 4.78 is 6.85. The molecule has 0 aliphatic rings. The van der Waals surface area contributed by atoms with E-state index in [1.807, 2.05) is 32.0 Å². The van der Waals surface area contributed by atoms with Crippen LogP contribution in [-0.4, -0.2) is 37.9 Å². The lowest BCUT2D eigenvalue weighted by Gasteiger charge is -2.16. The average Bonchev–Trinajstić information content (AvgIpc) is 3.16. The van der Waals surface area contributed by atoms with Crippen LogP contribution >= 0.6 is 0 Å². The molecule has 0 radical (unpaired) electrons. The minimum Gasteiger partial charge on any atom is -0.361 e. The van der Waals surface area contributed by atoms with Crippen LogP contribution in [0.1, 0.15) is 22.7 Å². The predicted molar refractivity (Wildman–Crippen MR) is 92.0 cm³/mol. The number of urea groups is 1. The Balaban J connectivity index is 1.59. The third-order valence-electron chi connectivity index (χ3n) is 3.85. The minimum atomic E-state index is -0.247. The van der Waals surface area contributed by atoms with Gasteiger partial charge >= 0.3 is 6.03 Å². The van der Waals surface area contributed by atoms with Gasteiger partial charge in [0, 0.05) is 31.1 Å². The van der Waals surface area contributed by atoms with Crippen molar-refractivity contribution in [3.63, 3.8) is 0 Å². The Morgan fingerprint density at radius 2 is 2.16 bits per heavy atom. The number of rotatable bonds is 5. The number of aryl methyl sites for hydroxylation is 2. The minimum absolute atomic E-state index is 0.247. The summed E-state index contributed by atoms with van der Waals surface area (Å²) in [5.74, 6) is 1.21. The second-order valence-corrected chi connectivity index (χ2v) is 5.81. The molecule has 0 bridgehead atoms. The summed E-state index contributed by atoms with van der Waals surface area (Å²) in [5.41, 5.74) is 2.61. The second kappa shape index (κ2) is 7.16. The molecule has 0 saturated carbocycles. The molecule has 0 fully saturated rings. The van der Waals surface area contributed by atoms with Crippen LogP contribution < -0.4 is 5.32 Å². The van der Waals surface area contributed by atoms with E-state index < -0.39 is 0 Å². The van der Waals surface area contributed by atoms with E-state index in [4.69, 9.17) is 4.52 Å². The van der Waals surface area contributed by atoms with Gasteiger partial charge in [0.05, 0.1) is 24.5 Å². The first-order chi connectivity index (χ1) is 12.0. The molecule has 0 saturated heterocycles. The fourth-order valence-corrected chi connectivity index (χ4v) is 2.42. The molecule has 8 heteroatoms. The molecule has 3 heterocycles. The molecule has 0 atom stereocenters. The zero-order valence-corrected chi connectivity index (χ0v) is 14.4. The van der Waals surface area contributed by atoms with Crippen LogP contribution in [0.5, 0.6) is 0 Å². The monoisotopic (exact) mass is 340 g/mol. The number of pyridine rings is 1. The number of nitrogens with one attached hydrogen (secondary N) is 1. The summed E-state index contributed by atoms with van der Waals surface area (Å²) in [6.07, 6.45) is 3.55. The van der Waals surface area contributed by atoms with Crippen molar-refractivity contribution in [3.8, 4) is 0 Å². The number of hydrogen-bond donors (Lipinski definition) is 1. The van der Waals surface area contributed by atoms with Crippen LogP contribution in [0.2, 0.25) is 0 Å². The van der Waals surface area contributed by atoms with Crippen molar-refractivity contribution in [2.75, 3.05) is 12.4 Å². The molecule has 0 spiro atoms. The van der Waals surface area contributed by atoms with Crippen molar-refractivity contribution in [1.29, 1.82) is 0 Å². The van der Waals surface area contributed by atoms with Crippen LogP contribution in [0.4, 0.5) is 10.6 Å². The third-order valence-corrected chi connectivity index (χ3v) is 3.85. The van der Waals surface area contributed by atoms with E-state index >= 15 is 0 Å².